The lowest BCUT2D eigenvalue weighted by Gasteiger charge is -2.16. The molecule has 6 nitrogen and oxygen atoms in total. The van der Waals surface area contributed by atoms with Crippen molar-refractivity contribution in [2.75, 3.05) is 24.3 Å². The van der Waals surface area contributed by atoms with Crippen LogP contribution in [0.25, 0.3) is 0 Å². The van der Waals surface area contributed by atoms with Gasteiger partial charge in [0.2, 0.25) is 0 Å². The second-order valence-corrected chi connectivity index (χ2v) is 7.72. The topological polar surface area (TPSA) is 75.7 Å². The van der Waals surface area contributed by atoms with Gasteiger partial charge in [-0.2, -0.15) is 0 Å². The van der Waals surface area contributed by atoms with Crippen LogP contribution < -0.4 is 10.2 Å². The van der Waals surface area contributed by atoms with E-state index in [0.717, 1.165) is 11.3 Å². The van der Waals surface area contributed by atoms with Crippen LogP contribution >= 0.6 is 0 Å². The summed E-state index contributed by atoms with van der Waals surface area (Å²) in [5, 5.41) is 2.73. The Morgan fingerprint density at radius 2 is 1.44 bits per heavy atom. The zero-order valence-electron chi connectivity index (χ0n) is 18.6. The molecule has 1 amide bonds. The van der Waals surface area contributed by atoms with Crippen LogP contribution in [0.1, 0.15) is 38.8 Å². The molecular formula is C26H26N2O4. The summed E-state index contributed by atoms with van der Waals surface area (Å²) in [5.41, 5.74) is 3.45. The van der Waals surface area contributed by atoms with Gasteiger partial charge in [0.05, 0.1) is 5.56 Å². The largest absolute Gasteiger partial charge is 0.449 e. The number of nitrogens with zero attached hydrogens (tertiary/aromatic N) is 1. The van der Waals surface area contributed by atoms with Gasteiger partial charge in [-0.1, -0.05) is 48.0 Å². The number of hydrogen-bond donors (Lipinski definition) is 1. The van der Waals surface area contributed by atoms with E-state index in [4.69, 9.17) is 4.74 Å². The van der Waals surface area contributed by atoms with Crippen molar-refractivity contribution in [3.8, 4) is 0 Å². The number of amides is 1. The number of carbonyl (C=O) groups is 3. The van der Waals surface area contributed by atoms with E-state index in [1.165, 1.54) is 13.0 Å². The van der Waals surface area contributed by atoms with E-state index < -0.39 is 18.0 Å². The summed E-state index contributed by atoms with van der Waals surface area (Å²) in [7, 11) is 3.85. The van der Waals surface area contributed by atoms with Crippen molar-refractivity contribution in [1.82, 2.24) is 0 Å². The molecule has 3 rings (SSSR count). The SMILES string of the molecule is Cc1ccc(C(=O)c2ccccc2C(=O)O[C@@H](C)C(=O)Nc2ccc(N(C)C)cc2)cc1. The first-order valence-electron chi connectivity index (χ1n) is 10.3. The molecule has 1 atom stereocenters. The normalized spacial score (nSPS) is 11.4. The fourth-order valence-electron chi connectivity index (χ4n) is 3.08. The lowest BCUT2D eigenvalue weighted by Crippen LogP contribution is -2.30. The third-order valence-electron chi connectivity index (χ3n) is 5.01. The number of esters is 1. The Morgan fingerprint density at radius 1 is 0.844 bits per heavy atom. The number of rotatable bonds is 7. The van der Waals surface area contributed by atoms with Gasteiger partial charge in [0.15, 0.2) is 11.9 Å². The summed E-state index contributed by atoms with van der Waals surface area (Å²) < 4.78 is 5.37. The predicted octanol–water partition coefficient (Wildman–Crippen LogP) is 4.48. The second-order valence-electron chi connectivity index (χ2n) is 7.72. The first kappa shape index (κ1) is 22.7. The molecule has 0 aromatic heterocycles. The summed E-state index contributed by atoms with van der Waals surface area (Å²) in [6, 6.07) is 20.9. The Bertz CT molecular complexity index is 1120. The Hall–Kier alpha value is -3.93. The minimum Gasteiger partial charge on any atom is -0.449 e. The summed E-state index contributed by atoms with van der Waals surface area (Å²) in [6.45, 7) is 3.43. The van der Waals surface area contributed by atoms with E-state index in [9.17, 15) is 14.4 Å². The number of benzene rings is 3. The second kappa shape index (κ2) is 9.92. The molecule has 3 aromatic rings. The average Bonchev–Trinajstić information content (AvgIpc) is 2.79. The van der Waals surface area contributed by atoms with Gasteiger partial charge in [0.25, 0.3) is 5.91 Å². The van der Waals surface area contributed by atoms with Crippen LogP contribution in [0.5, 0.6) is 0 Å². The quantitative estimate of drug-likeness (QED) is 0.442. The van der Waals surface area contributed by atoms with Gasteiger partial charge in [-0.25, -0.2) is 4.79 Å². The molecule has 0 saturated carbocycles. The minimum absolute atomic E-state index is 0.119. The fourth-order valence-corrected chi connectivity index (χ4v) is 3.08. The van der Waals surface area contributed by atoms with Gasteiger partial charge in [-0.15, -0.1) is 0 Å². The first-order chi connectivity index (χ1) is 15.3. The highest BCUT2D eigenvalue weighted by atomic mass is 16.5. The van der Waals surface area contributed by atoms with Crippen LogP contribution in [0, 0.1) is 6.92 Å². The highest BCUT2D eigenvalue weighted by Crippen LogP contribution is 2.19. The molecular weight excluding hydrogens is 404 g/mol. The molecule has 0 fully saturated rings. The molecule has 0 spiro atoms. The van der Waals surface area contributed by atoms with Crippen LogP contribution in [0.2, 0.25) is 0 Å². The van der Waals surface area contributed by atoms with Crippen molar-refractivity contribution in [2.24, 2.45) is 0 Å². The van der Waals surface area contributed by atoms with Gasteiger partial charge in [-0.05, 0) is 44.2 Å². The molecule has 6 heteroatoms. The number of hydrogen-bond acceptors (Lipinski definition) is 5. The molecule has 0 aliphatic carbocycles. The van der Waals surface area contributed by atoms with E-state index >= 15 is 0 Å². The number of ketones is 1. The van der Waals surface area contributed by atoms with Crippen molar-refractivity contribution >= 4 is 29.0 Å². The highest BCUT2D eigenvalue weighted by molar-refractivity contribution is 6.14. The fraction of sp³-hybridized carbons (Fsp3) is 0.192. The Morgan fingerprint density at radius 3 is 2.03 bits per heavy atom. The maximum atomic E-state index is 12.9. The number of carbonyl (C=O) groups excluding carboxylic acids is 3. The first-order valence-corrected chi connectivity index (χ1v) is 10.3. The lowest BCUT2D eigenvalue weighted by molar-refractivity contribution is -0.123. The Kier molecular flexibility index (Phi) is 7.05. The lowest BCUT2D eigenvalue weighted by atomic mass is 9.98. The molecule has 1 N–H and O–H groups in total. The van der Waals surface area contributed by atoms with Gasteiger partial charge >= 0.3 is 5.97 Å². The number of anilines is 2. The van der Waals surface area contributed by atoms with Gasteiger partial charge < -0.3 is 15.0 Å². The van der Waals surface area contributed by atoms with Crippen molar-refractivity contribution in [1.29, 1.82) is 0 Å². The molecule has 0 aliphatic rings. The molecule has 0 heterocycles. The third kappa shape index (κ3) is 5.40. The standard InChI is InChI=1S/C26H26N2O4/c1-17-9-11-19(12-10-17)24(29)22-7-5-6-8-23(22)26(31)32-18(2)25(30)27-20-13-15-21(16-14-20)28(3)4/h5-16,18H,1-4H3,(H,27,30)/t18-/m0/s1. The minimum atomic E-state index is -1.04. The monoisotopic (exact) mass is 430 g/mol. The van der Waals surface area contributed by atoms with Gasteiger partial charge in [0.1, 0.15) is 0 Å². The molecule has 3 aromatic carbocycles. The Balaban J connectivity index is 1.70. The predicted molar refractivity (Wildman–Crippen MR) is 125 cm³/mol. The molecule has 0 unspecified atom stereocenters. The summed E-state index contributed by atoms with van der Waals surface area (Å²) in [5.74, 6) is -1.47. The maximum Gasteiger partial charge on any atom is 0.339 e. The van der Waals surface area contributed by atoms with Crippen molar-refractivity contribution < 1.29 is 19.1 Å². The molecule has 0 saturated heterocycles. The smallest absolute Gasteiger partial charge is 0.339 e. The van der Waals surface area contributed by atoms with Crippen LogP contribution in [0.3, 0.4) is 0 Å². The van der Waals surface area contributed by atoms with Gasteiger partial charge in [0, 0.05) is 36.6 Å². The molecule has 0 radical (unpaired) electrons. The molecule has 32 heavy (non-hydrogen) atoms. The average molecular weight is 431 g/mol. The van der Waals surface area contributed by atoms with E-state index in [0.29, 0.717) is 11.3 Å². The maximum absolute atomic E-state index is 12.9. The summed E-state index contributed by atoms with van der Waals surface area (Å²) in [6.07, 6.45) is -1.04. The van der Waals surface area contributed by atoms with E-state index in [-0.39, 0.29) is 16.9 Å². The van der Waals surface area contributed by atoms with Crippen molar-refractivity contribution in [3.63, 3.8) is 0 Å². The molecule has 164 valence electrons. The van der Waals surface area contributed by atoms with Crippen LogP contribution in [-0.4, -0.2) is 37.9 Å². The van der Waals surface area contributed by atoms with Crippen LogP contribution in [0.4, 0.5) is 11.4 Å². The summed E-state index contributed by atoms with van der Waals surface area (Å²) >= 11 is 0. The third-order valence-corrected chi connectivity index (χ3v) is 5.01. The number of aryl methyl sites for hydroxylation is 1. The number of ether oxygens (including phenoxy) is 1. The van der Waals surface area contributed by atoms with E-state index in [2.05, 4.69) is 5.32 Å². The zero-order valence-corrected chi connectivity index (χ0v) is 18.6. The zero-order chi connectivity index (χ0) is 23.3. The van der Waals surface area contributed by atoms with E-state index in [1.807, 2.05) is 50.2 Å². The van der Waals surface area contributed by atoms with Crippen molar-refractivity contribution in [2.45, 2.75) is 20.0 Å². The molecule has 0 aliphatic heterocycles. The Labute approximate surface area is 187 Å². The van der Waals surface area contributed by atoms with E-state index in [1.54, 1.807) is 42.5 Å². The van der Waals surface area contributed by atoms with Gasteiger partial charge in [-0.3, -0.25) is 9.59 Å². The van der Waals surface area contributed by atoms with Crippen LogP contribution in [-0.2, 0) is 9.53 Å². The highest BCUT2D eigenvalue weighted by Gasteiger charge is 2.23. The molecule has 0 bridgehead atoms. The number of nitrogens with one attached hydrogen (secondary N) is 1. The van der Waals surface area contributed by atoms with Crippen molar-refractivity contribution in [3.05, 3.63) is 95.1 Å². The summed E-state index contributed by atoms with van der Waals surface area (Å²) in [4.78, 5) is 40.2. The van der Waals surface area contributed by atoms with Crippen LogP contribution in [0.15, 0.2) is 72.8 Å².